The van der Waals surface area contributed by atoms with Gasteiger partial charge < -0.3 is 15.7 Å². The number of amides is 1. The number of anilines is 1. The molecule has 0 spiro atoms. The molecule has 0 radical (unpaired) electrons. The molecule has 6 heteroatoms. The van der Waals surface area contributed by atoms with E-state index in [0.29, 0.717) is 29.1 Å². The van der Waals surface area contributed by atoms with E-state index in [0.717, 1.165) is 19.3 Å². The van der Waals surface area contributed by atoms with Gasteiger partial charge in [0.25, 0.3) is 0 Å². The van der Waals surface area contributed by atoms with Gasteiger partial charge in [0, 0.05) is 0 Å². The van der Waals surface area contributed by atoms with Gasteiger partial charge in [0.05, 0.1) is 29.9 Å². The summed E-state index contributed by atoms with van der Waals surface area (Å²) in [7, 11) is 0. The van der Waals surface area contributed by atoms with Gasteiger partial charge >= 0.3 is 0 Å². The summed E-state index contributed by atoms with van der Waals surface area (Å²) in [5.74, 6) is -0.228. The Hall–Kier alpha value is -1.77. The number of nitrogens with one attached hydrogen (secondary N) is 2. The molecule has 1 aromatic rings. The maximum Gasteiger partial charge on any atom is 0.240 e. The molecule has 0 bridgehead atoms. The van der Waals surface area contributed by atoms with E-state index in [1.165, 1.54) is 0 Å². The van der Waals surface area contributed by atoms with E-state index in [1.54, 1.807) is 18.2 Å². The van der Waals surface area contributed by atoms with E-state index in [1.807, 2.05) is 0 Å². The van der Waals surface area contributed by atoms with Crippen molar-refractivity contribution in [1.29, 1.82) is 5.26 Å². The zero-order valence-electron chi connectivity index (χ0n) is 12.4. The molecule has 1 amide bonds. The van der Waals surface area contributed by atoms with Crippen molar-refractivity contribution in [2.45, 2.75) is 44.2 Å². The molecular weight excluding hydrogens is 302 g/mol. The van der Waals surface area contributed by atoms with Gasteiger partial charge in [0.1, 0.15) is 5.54 Å². The standard InChI is InChI=1S/C16H20ClN3O2/c17-15-12(10-21)5-4-6-13(15)19-9-14(22)20-16(11-18)7-2-1-3-8-16/h4-6,19,21H,1-3,7-10H2,(H,20,22). The van der Waals surface area contributed by atoms with Crippen molar-refractivity contribution in [3.8, 4) is 6.07 Å². The Kier molecular flexibility index (Phi) is 5.64. The average molecular weight is 322 g/mol. The zero-order chi connectivity index (χ0) is 16.0. The van der Waals surface area contributed by atoms with Crippen molar-refractivity contribution in [3.63, 3.8) is 0 Å². The van der Waals surface area contributed by atoms with Crippen LogP contribution < -0.4 is 10.6 Å². The Morgan fingerprint density at radius 1 is 1.36 bits per heavy atom. The minimum atomic E-state index is -0.728. The summed E-state index contributed by atoms with van der Waals surface area (Å²) in [6.07, 6.45) is 4.45. The van der Waals surface area contributed by atoms with E-state index in [-0.39, 0.29) is 19.1 Å². The normalized spacial score (nSPS) is 16.6. The van der Waals surface area contributed by atoms with Gasteiger partial charge in [-0.3, -0.25) is 4.79 Å². The minimum absolute atomic E-state index is 0.0397. The first kappa shape index (κ1) is 16.6. The molecule has 0 aromatic heterocycles. The number of carbonyl (C=O) groups is 1. The lowest BCUT2D eigenvalue weighted by Gasteiger charge is -2.31. The van der Waals surface area contributed by atoms with Crippen LogP contribution in [-0.4, -0.2) is 23.1 Å². The summed E-state index contributed by atoms with van der Waals surface area (Å²) in [5, 5.41) is 24.7. The summed E-state index contributed by atoms with van der Waals surface area (Å²) in [5.41, 5.74) is 0.471. The number of rotatable bonds is 5. The highest BCUT2D eigenvalue weighted by Crippen LogP contribution is 2.28. The molecule has 0 aliphatic heterocycles. The number of nitrogens with zero attached hydrogens (tertiary/aromatic N) is 1. The molecule has 0 saturated heterocycles. The number of aliphatic hydroxyl groups excluding tert-OH is 1. The van der Waals surface area contributed by atoms with Crippen LogP contribution in [0.1, 0.15) is 37.7 Å². The molecule has 1 fully saturated rings. The lowest BCUT2D eigenvalue weighted by molar-refractivity contribution is -0.121. The van der Waals surface area contributed by atoms with Gasteiger partial charge in [-0.05, 0) is 24.5 Å². The molecule has 2 rings (SSSR count). The zero-order valence-corrected chi connectivity index (χ0v) is 13.1. The molecule has 1 aliphatic rings. The molecule has 1 aromatic carbocycles. The lowest BCUT2D eigenvalue weighted by Crippen LogP contribution is -2.50. The molecule has 0 atom stereocenters. The maximum absolute atomic E-state index is 12.1. The Morgan fingerprint density at radius 3 is 2.73 bits per heavy atom. The van der Waals surface area contributed by atoms with E-state index in [2.05, 4.69) is 16.7 Å². The number of halogens is 1. The summed E-state index contributed by atoms with van der Waals surface area (Å²) < 4.78 is 0. The van der Waals surface area contributed by atoms with Gasteiger partial charge in [-0.15, -0.1) is 0 Å². The second kappa shape index (κ2) is 7.48. The maximum atomic E-state index is 12.1. The number of benzene rings is 1. The first-order valence-electron chi connectivity index (χ1n) is 7.44. The van der Waals surface area contributed by atoms with Crippen LogP contribution in [0.3, 0.4) is 0 Å². The summed E-state index contributed by atoms with van der Waals surface area (Å²) >= 11 is 6.13. The summed E-state index contributed by atoms with van der Waals surface area (Å²) in [4.78, 5) is 12.1. The molecule has 3 N–H and O–H groups in total. The molecule has 0 unspecified atom stereocenters. The average Bonchev–Trinajstić information content (AvgIpc) is 2.55. The van der Waals surface area contributed by atoms with Crippen LogP contribution >= 0.6 is 11.6 Å². The van der Waals surface area contributed by atoms with Crippen LogP contribution in [0.4, 0.5) is 5.69 Å². The second-order valence-electron chi connectivity index (χ2n) is 5.59. The SMILES string of the molecule is N#CC1(NC(=O)CNc2cccc(CO)c2Cl)CCCCC1. The van der Waals surface area contributed by atoms with Crippen LogP contribution in [0.2, 0.25) is 5.02 Å². The van der Waals surface area contributed by atoms with Crippen molar-refractivity contribution < 1.29 is 9.90 Å². The number of carbonyl (C=O) groups excluding carboxylic acids is 1. The van der Waals surface area contributed by atoms with Crippen LogP contribution in [-0.2, 0) is 11.4 Å². The Bertz CT molecular complexity index is 577. The molecule has 1 saturated carbocycles. The number of nitriles is 1. The smallest absolute Gasteiger partial charge is 0.240 e. The third-order valence-electron chi connectivity index (χ3n) is 3.99. The van der Waals surface area contributed by atoms with Gasteiger partial charge in [-0.1, -0.05) is 43.0 Å². The highest BCUT2D eigenvalue weighted by molar-refractivity contribution is 6.34. The van der Waals surface area contributed by atoms with Crippen LogP contribution in [0, 0.1) is 11.3 Å². The largest absolute Gasteiger partial charge is 0.392 e. The van der Waals surface area contributed by atoms with E-state index in [9.17, 15) is 15.2 Å². The molecule has 22 heavy (non-hydrogen) atoms. The fraction of sp³-hybridized carbons (Fsp3) is 0.500. The molecular formula is C16H20ClN3O2. The van der Waals surface area contributed by atoms with Crippen molar-refractivity contribution in [1.82, 2.24) is 5.32 Å². The van der Waals surface area contributed by atoms with Gasteiger partial charge in [0.15, 0.2) is 0 Å². The third-order valence-corrected chi connectivity index (χ3v) is 4.43. The molecule has 0 heterocycles. The minimum Gasteiger partial charge on any atom is -0.392 e. The topological polar surface area (TPSA) is 85.2 Å². The highest BCUT2D eigenvalue weighted by atomic mass is 35.5. The van der Waals surface area contributed by atoms with Crippen molar-refractivity contribution in [3.05, 3.63) is 28.8 Å². The summed E-state index contributed by atoms with van der Waals surface area (Å²) in [6, 6.07) is 7.48. The van der Waals surface area contributed by atoms with E-state index in [4.69, 9.17) is 11.6 Å². The first-order chi connectivity index (χ1) is 10.6. The molecule has 5 nitrogen and oxygen atoms in total. The monoisotopic (exact) mass is 321 g/mol. The Balaban J connectivity index is 1.94. The van der Waals surface area contributed by atoms with Crippen molar-refractivity contribution >= 4 is 23.2 Å². The predicted molar refractivity (Wildman–Crippen MR) is 85.4 cm³/mol. The first-order valence-corrected chi connectivity index (χ1v) is 7.82. The quantitative estimate of drug-likeness (QED) is 0.778. The van der Waals surface area contributed by atoms with E-state index >= 15 is 0 Å². The second-order valence-corrected chi connectivity index (χ2v) is 5.97. The number of hydrogen-bond donors (Lipinski definition) is 3. The fourth-order valence-corrected chi connectivity index (χ4v) is 3.00. The van der Waals surface area contributed by atoms with Crippen molar-refractivity contribution in [2.75, 3.05) is 11.9 Å². The van der Waals surface area contributed by atoms with Gasteiger partial charge in [-0.25, -0.2) is 0 Å². The highest BCUT2D eigenvalue weighted by Gasteiger charge is 2.33. The lowest BCUT2D eigenvalue weighted by atomic mass is 9.83. The third kappa shape index (κ3) is 3.90. The Morgan fingerprint density at radius 2 is 2.09 bits per heavy atom. The van der Waals surface area contributed by atoms with Crippen molar-refractivity contribution in [2.24, 2.45) is 0 Å². The van der Waals surface area contributed by atoms with E-state index < -0.39 is 5.54 Å². The van der Waals surface area contributed by atoms with Crippen LogP contribution in [0.5, 0.6) is 0 Å². The molecule has 1 aliphatic carbocycles. The molecule has 118 valence electrons. The number of hydrogen-bond acceptors (Lipinski definition) is 4. The summed E-state index contributed by atoms with van der Waals surface area (Å²) in [6.45, 7) is -0.115. The van der Waals surface area contributed by atoms with Crippen LogP contribution in [0.25, 0.3) is 0 Å². The fourth-order valence-electron chi connectivity index (χ4n) is 2.75. The van der Waals surface area contributed by atoms with Crippen LogP contribution in [0.15, 0.2) is 18.2 Å². The Labute approximate surface area is 135 Å². The number of aliphatic hydroxyl groups is 1. The van der Waals surface area contributed by atoms with Gasteiger partial charge in [-0.2, -0.15) is 5.26 Å². The predicted octanol–water partition coefficient (Wildman–Crippen LogP) is 2.59. The van der Waals surface area contributed by atoms with Gasteiger partial charge in [0.2, 0.25) is 5.91 Å².